The number of ether oxygens (including phenoxy) is 1. The molecule has 1 aromatic rings. The summed E-state index contributed by atoms with van der Waals surface area (Å²) in [7, 11) is 0. The summed E-state index contributed by atoms with van der Waals surface area (Å²) >= 11 is 7.71. The molecule has 0 N–H and O–H groups in total. The third-order valence-electron chi connectivity index (χ3n) is 2.76. The van der Waals surface area contributed by atoms with E-state index >= 15 is 0 Å². The summed E-state index contributed by atoms with van der Waals surface area (Å²) in [6.07, 6.45) is 2.19. The van der Waals surface area contributed by atoms with Gasteiger partial charge in [0.25, 0.3) is 0 Å². The van der Waals surface area contributed by atoms with Crippen molar-refractivity contribution in [2.24, 2.45) is 0 Å². The molecule has 1 atom stereocenters. The summed E-state index contributed by atoms with van der Waals surface area (Å²) in [6, 6.07) is 6.57. The maximum Gasteiger partial charge on any atom is 0.122 e. The van der Waals surface area contributed by atoms with Crippen molar-refractivity contribution < 1.29 is 4.74 Å². The minimum atomic E-state index is 0.555. The van der Waals surface area contributed by atoms with E-state index in [-0.39, 0.29) is 0 Å². The van der Waals surface area contributed by atoms with Gasteiger partial charge in [-0.15, -0.1) is 11.6 Å². The highest BCUT2D eigenvalue weighted by Gasteiger charge is 2.11. The molecule has 0 radical (unpaired) electrons. The number of rotatable bonds is 5. The summed E-state index contributed by atoms with van der Waals surface area (Å²) in [4.78, 5) is 0. The summed E-state index contributed by atoms with van der Waals surface area (Å²) in [5, 5.41) is 0.555. The standard InChI is InChI=1S/C13H17ClOS/c1-10(9-14)16-7-5-11-2-3-13-12(8-11)4-6-15-13/h2-3,8,10H,4-7,9H2,1H3. The van der Waals surface area contributed by atoms with Crippen molar-refractivity contribution in [3.63, 3.8) is 0 Å². The van der Waals surface area contributed by atoms with Crippen molar-refractivity contribution in [1.82, 2.24) is 0 Å². The normalized spacial score (nSPS) is 15.6. The van der Waals surface area contributed by atoms with Crippen LogP contribution < -0.4 is 4.74 Å². The van der Waals surface area contributed by atoms with Crippen LogP contribution >= 0.6 is 23.4 Å². The molecular weight excluding hydrogens is 240 g/mol. The van der Waals surface area contributed by atoms with Gasteiger partial charge in [-0.05, 0) is 29.4 Å². The van der Waals surface area contributed by atoms with Gasteiger partial charge in [0, 0.05) is 17.6 Å². The highest BCUT2D eigenvalue weighted by molar-refractivity contribution is 7.99. The molecule has 1 heterocycles. The van der Waals surface area contributed by atoms with E-state index in [1.807, 2.05) is 11.8 Å². The number of hydrogen-bond acceptors (Lipinski definition) is 2. The van der Waals surface area contributed by atoms with Crippen molar-refractivity contribution in [1.29, 1.82) is 0 Å². The molecule has 0 amide bonds. The van der Waals surface area contributed by atoms with Gasteiger partial charge in [-0.3, -0.25) is 0 Å². The molecule has 1 aliphatic rings. The van der Waals surface area contributed by atoms with Gasteiger partial charge in [0.2, 0.25) is 0 Å². The SMILES string of the molecule is CC(CCl)SCCc1ccc2c(c1)CCO2. The Bertz CT molecular complexity index is 354. The first-order valence-corrected chi connectivity index (χ1v) is 7.30. The van der Waals surface area contributed by atoms with Crippen LogP contribution in [0.3, 0.4) is 0 Å². The summed E-state index contributed by atoms with van der Waals surface area (Å²) in [6.45, 7) is 3.02. The fourth-order valence-electron chi connectivity index (χ4n) is 1.82. The van der Waals surface area contributed by atoms with Crippen LogP contribution in [0.1, 0.15) is 18.1 Å². The summed E-state index contributed by atoms with van der Waals surface area (Å²) in [5.74, 6) is 2.96. The fraction of sp³-hybridized carbons (Fsp3) is 0.538. The highest BCUT2D eigenvalue weighted by Crippen LogP contribution is 2.26. The van der Waals surface area contributed by atoms with Crippen LogP contribution in [0.5, 0.6) is 5.75 Å². The van der Waals surface area contributed by atoms with Gasteiger partial charge in [-0.1, -0.05) is 19.1 Å². The number of benzene rings is 1. The van der Waals surface area contributed by atoms with Gasteiger partial charge < -0.3 is 4.74 Å². The molecule has 0 fully saturated rings. The quantitative estimate of drug-likeness (QED) is 0.746. The number of hydrogen-bond donors (Lipinski definition) is 0. The largest absolute Gasteiger partial charge is 0.493 e. The number of alkyl halides is 1. The monoisotopic (exact) mass is 256 g/mol. The van der Waals surface area contributed by atoms with Crippen LogP contribution in [-0.2, 0) is 12.8 Å². The molecule has 0 aliphatic carbocycles. The van der Waals surface area contributed by atoms with Crippen LogP contribution in [-0.4, -0.2) is 23.5 Å². The van der Waals surface area contributed by atoms with E-state index < -0.39 is 0 Å². The third-order valence-corrected chi connectivity index (χ3v) is 4.59. The predicted octanol–water partition coefficient (Wildman–Crippen LogP) is 3.52. The Morgan fingerprint density at radius 2 is 2.38 bits per heavy atom. The minimum Gasteiger partial charge on any atom is -0.493 e. The van der Waals surface area contributed by atoms with E-state index in [9.17, 15) is 0 Å². The predicted molar refractivity (Wildman–Crippen MR) is 72.0 cm³/mol. The Balaban J connectivity index is 1.86. The number of thioether (sulfide) groups is 1. The molecule has 88 valence electrons. The molecule has 16 heavy (non-hydrogen) atoms. The van der Waals surface area contributed by atoms with Gasteiger partial charge in [0.15, 0.2) is 0 Å². The maximum atomic E-state index is 5.77. The lowest BCUT2D eigenvalue weighted by atomic mass is 10.1. The van der Waals surface area contributed by atoms with Crippen LogP contribution in [0.2, 0.25) is 0 Å². The Morgan fingerprint density at radius 1 is 1.50 bits per heavy atom. The molecular formula is C13H17ClOS. The topological polar surface area (TPSA) is 9.23 Å². The minimum absolute atomic E-state index is 0.555. The highest BCUT2D eigenvalue weighted by atomic mass is 35.5. The van der Waals surface area contributed by atoms with Crippen molar-refractivity contribution >= 4 is 23.4 Å². The van der Waals surface area contributed by atoms with Crippen molar-refractivity contribution in [2.45, 2.75) is 25.0 Å². The van der Waals surface area contributed by atoms with E-state index in [0.29, 0.717) is 5.25 Å². The number of aryl methyl sites for hydroxylation is 1. The van der Waals surface area contributed by atoms with Crippen molar-refractivity contribution in [3.8, 4) is 5.75 Å². The molecule has 0 bridgehead atoms. The fourth-order valence-corrected chi connectivity index (χ4v) is 2.93. The zero-order valence-corrected chi connectivity index (χ0v) is 11.1. The second-order valence-corrected chi connectivity index (χ2v) is 5.98. The van der Waals surface area contributed by atoms with Crippen molar-refractivity contribution in [2.75, 3.05) is 18.2 Å². The van der Waals surface area contributed by atoms with Crippen LogP contribution in [0.25, 0.3) is 0 Å². The van der Waals surface area contributed by atoms with Crippen LogP contribution in [0.15, 0.2) is 18.2 Å². The van der Waals surface area contributed by atoms with E-state index in [4.69, 9.17) is 16.3 Å². The maximum absolute atomic E-state index is 5.77. The Morgan fingerprint density at radius 3 is 3.19 bits per heavy atom. The first-order valence-electron chi connectivity index (χ1n) is 5.72. The molecule has 0 saturated carbocycles. The zero-order valence-electron chi connectivity index (χ0n) is 9.54. The first-order chi connectivity index (χ1) is 7.79. The van der Waals surface area contributed by atoms with Gasteiger partial charge >= 0.3 is 0 Å². The Kier molecular flexibility index (Phi) is 4.42. The summed E-state index contributed by atoms with van der Waals surface area (Å²) < 4.78 is 5.49. The van der Waals surface area contributed by atoms with E-state index in [2.05, 4.69) is 25.1 Å². The smallest absolute Gasteiger partial charge is 0.122 e. The van der Waals surface area contributed by atoms with E-state index in [1.165, 1.54) is 11.1 Å². The molecule has 0 aromatic heterocycles. The lowest BCUT2D eigenvalue weighted by Crippen LogP contribution is -2.00. The number of fused-ring (bicyclic) bond motifs is 1. The second-order valence-electron chi connectivity index (χ2n) is 4.13. The molecule has 3 heteroatoms. The van der Waals surface area contributed by atoms with Crippen molar-refractivity contribution in [3.05, 3.63) is 29.3 Å². The van der Waals surface area contributed by atoms with Gasteiger partial charge in [-0.2, -0.15) is 11.8 Å². The number of halogens is 1. The summed E-state index contributed by atoms with van der Waals surface area (Å²) in [5.41, 5.74) is 2.78. The second kappa shape index (κ2) is 5.83. The van der Waals surface area contributed by atoms with E-state index in [0.717, 1.165) is 36.8 Å². The molecule has 1 aliphatic heterocycles. The molecule has 0 spiro atoms. The van der Waals surface area contributed by atoms with Crippen LogP contribution in [0, 0.1) is 0 Å². The molecule has 2 rings (SSSR count). The molecule has 0 saturated heterocycles. The lowest BCUT2D eigenvalue weighted by Gasteiger charge is -2.07. The average molecular weight is 257 g/mol. The van der Waals surface area contributed by atoms with Gasteiger partial charge in [0.05, 0.1) is 6.61 Å². The lowest BCUT2D eigenvalue weighted by molar-refractivity contribution is 0.357. The van der Waals surface area contributed by atoms with Crippen LogP contribution in [0.4, 0.5) is 0 Å². The van der Waals surface area contributed by atoms with Gasteiger partial charge in [0.1, 0.15) is 5.75 Å². The average Bonchev–Trinajstić information content (AvgIpc) is 2.76. The molecule has 1 unspecified atom stereocenters. The Labute approximate surface area is 107 Å². The first kappa shape index (κ1) is 12.1. The molecule has 1 nitrogen and oxygen atoms in total. The molecule has 1 aromatic carbocycles. The Hall–Kier alpha value is -0.340. The zero-order chi connectivity index (χ0) is 11.4. The third kappa shape index (κ3) is 3.08. The van der Waals surface area contributed by atoms with Gasteiger partial charge in [-0.25, -0.2) is 0 Å². The van der Waals surface area contributed by atoms with E-state index in [1.54, 1.807) is 0 Å².